The Balaban J connectivity index is 1.65. The number of rotatable bonds is 9. The third-order valence-electron chi connectivity index (χ3n) is 6.15. The average Bonchev–Trinajstić information content (AvgIpc) is 3.38. The lowest BCUT2D eigenvalue weighted by Gasteiger charge is -2.29. The van der Waals surface area contributed by atoms with Crippen LogP contribution >= 0.6 is 0 Å². The highest BCUT2D eigenvalue weighted by Crippen LogP contribution is 2.34. The molecule has 3 aromatic rings. The van der Waals surface area contributed by atoms with E-state index in [2.05, 4.69) is 15.4 Å². The number of imide groups is 1. The van der Waals surface area contributed by atoms with E-state index in [9.17, 15) is 32.7 Å². The molecule has 0 aliphatic carbocycles. The Bertz CT molecular complexity index is 1350. The van der Waals surface area contributed by atoms with E-state index in [4.69, 9.17) is 9.47 Å². The molecule has 3 heterocycles. The van der Waals surface area contributed by atoms with Gasteiger partial charge in [0.1, 0.15) is 0 Å². The van der Waals surface area contributed by atoms with Gasteiger partial charge in [-0.2, -0.15) is 18.3 Å². The van der Waals surface area contributed by atoms with E-state index in [1.54, 1.807) is 24.3 Å². The highest BCUT2D eigenvalue weighted by molar-refractivity contribution is 6.21. The molecule has 202 valence electrons. The quantitative estimate of drug-likeness (QED) is 0.398. The van der Waals surface area contributed by atoms with Crippen molar-refractivity contribution in [3.05, 3.63) is 65.1 Å². The first-order valence-electron chi connectivity index (χ1n) is 11.3. The van der Waals surface area contributed by atoms with Gasteiger partial charge >= 0.3 is 12.3 Å². The summed E-state index contributed by atoms with van der Waals surface area (Å²) in [4.78, 5) is 42.8. The first-order valence-corrected chi connectivity index (χ1v) is 11.3. The molecule has 0 saturated carbocycles. The fourth-order valence-electron chi connectivity index (χ4n) is 3.95. The van der Waals surface area contributed by atoms with Gasteiger partial charge in [-0.3, -0.25) is 14.5 Å². The fourth-order valence-corrected chi connectivity index (χ4v) is 3.95. The highest BCUT2D eigenvalue weighted by Gasteiger charge is 2.49. The Morgan fingerprint density at radius 1 is 1.13 bits per heavy atom. The molecule has 3 amide bonds. The molecule has 1 aromatic carbocycles. The summed E-state index contributed by atoms with van der Waals surface area (Å²) in [5.41, 5.74) is -1.35. The number of carbonyl (C=O) groups is 3. The number of nitrogens with one attached hydrogen (secondary N) is 1. The molecule has 0 saturated heterocycles. The van der Waals surface area contributed by atoms with Crippen molar-refractivity contribution >= 4 is 23.6 Å². The average molecular weight is 535 g/mol. The van der Waals surface area contributed by atoms with Gasteiger partial charge in [0.15, 0.2) is 11.2 Å². The van der Waals surface area contributed by atoms with Crippen LogP contribution in [0, 0.1) is 0 Å². The molecular formula is C24H24F3N5O6. The van der Waals surface area contributed by atoms with Crippen LogP contribution in [0.1, 0.15) is 57.9 Å². The number of carbonyl (C=O) groups excluding carboxylic acids is 2. The number of methoxy groups -OCH3 is 1. The summed E-state index contributed by atoms with van der Waals surface area (Å²) in [5.74, 6) is -0.988. The number of carboxylic acid groups (broad SMARTS) is 1. The predicted octanol–water partition coefficient (Wildman–Crippen LogP) is 3.38. The second-order valence-electron chi connectivity index (χ2n) is 9.08. The van der Waals surface area contributed by atoms with Crippen molar-refractivity contribution in [2.24, 2.45) is 0 Å². The summed E-state index contributed by atoms with van der Waals surface area (Å²) in [6.07, 6.45) is -3.43. The Morgan fingerprint density at radius 2 is 1.76 bits per heavy atom. The molecular weight excluding hydrogens is 511 g/mol. The minimum atomic E-state index is -4.68. The van der Waals surface area contributed by atoms with Gasteiger partial charge in [0.2, 0.25) is 0 Å². The topological polar surface area (TPSA) is 135 Å². The highest BCUT2D eigenvalue weighted by atomic mass is 19.4. The van der Waals surface area contributed by atoms with Crippen molar-refractivity contribution in [2.45, 2.75) is 37.7 Å². The van der Waals surface area contributed by atoms with Gasteiger partial charge in [0.05, 0.1) is 54.5 Å². The minimum absolute atomic E-state index is 0.0412. The van der Waals surface area contributed by atoms with E-state index in [-0.39, 0.29) is 29.1 Å². The zero-order valence-electron chi connectivity index (χ0n) is 20.5. The molecule has 2 aromatic heterocycles. The molecule has 1 aliphatic heterocycles. The molecule has 0 unspecified atom stereocenters. The standard InChI is InChI=1S/C24H24F3N5O6/c1-23(2,24(25,26)27)38-11-17(30-22(35)36)16-10-31-19(29-16)8-13(9-28-31)18(12-37-3)32-20(33)14-6-4-5-7-15(14)21(32)34/h4-10,17-18,30H,11-12H2,1-3H3,(H,35,36)/t17-,18+/m0/s1. The number of nitrogens with zero attached hydrogens (tertiary/aromatic N) is 4. The summed E-state index contributed by atoms with van der Waals surface area (Å²) in [5, 5.41) is 15.6. The van der Waals surface area contributed by atoms with E-state index >= 15 is 0 Å². The van der Waals surface area contributed by atoms with Crippen LogP contribution in [0.5, 0.6) is 0 Å². The van der Waals surface area contributed by atoms with Crippen LogP contribution in [-0.2, 0) is 9.47 Å². The Labute approximate surface area is 214 Å². The number of alkyl halides is 3. The number of halogens is 3. The van der Waals surface area contributed by atoms with Gasteiger partial charge < -0.3 is 19.9 Å². The number of aromatic nitrogens is 3. The number of hydrogen-bond donors (Lipinski definition) is 2. The Hall–Kier alpha value is -4.04. The van der Waals surface area contributed by atoms with Gasteiger partial charge in [0.25, 0.3) is 11.8 Å². The first kappa shape index (κ1) is 27.0. The van der Waals surface area contributed by atoms with Crippen LogP contribution in [0.2, 0.25) is 0 Å². The SMILES string of the molecule is COC[C@H](c1cnn2cc([C@H](COC(C)(C)C(F)(F)F)NC(=O)O)nc2c1)N1C(=O)c2ccccc2C1=O. The van der Waals surface area contributed by atoms with Gasteiger partial charge in [0, 0.05) is 12.7 Å². The molecule has 1 aliphatic rings. The molecule has 2 N–H and O–H groups in total. The molecule has 0 spiro atoms. The van der Waals surface area contributed by atoms with Crippen LogP contribution < -0.4 is 5.32 Å². The molecule has 4 rings (SSSR count). The third-order valence-corrected chi connectivity index (χ3v) is 6.15. The van der Waals surface area contributed by atoms with E-state index in [1.165, 1.54) is 30.1 Å². The lowest BCUT2D eigenvalue weighted by atomic mass is 10.1. The maximum atomic E-state index is 13.2. The van der Waals surface area contributed by atoms with E-state index in [0.717, 1.165) is 18.7 Å². The molecule has 14 heteroatoms. The third kappa shape index (κ3) is 5.04. The second kappa shape index (κ2) is 10.0. The number of fused-ring (bicyclic) bond motifs is 2. The summed E-state index contributed by atoms with van der Waals surface area (Å²) >= 11 is 0. The number of ether oxygens (including phenoxy) is 2. The molecule has 0 bridgehead atoms. The van der Waals surface area contributed by atoms with E-state index < -0.39 is 48.4 Å². The largest absolute Gasteiger partial charge is 0.465 e. The minimum Gasteiger partial charge on any atom is -0.465 e. The summed E-state index contributed by atoms with van der Waals surface area (Å²) in [6.45, 7) is 0.965. The van der Waals surface area contributed by atoms with Crippen molar-refractivity contribution < 1.29 is 42.1 Å². The summed E-state index contributed by atoms with van der Waals surface area (Å²) in [6, 6.07) is 5.85. The zero-order valence-corrected chi connectivity index (χ0v) is 20.5. The van der Waals surface area contributed by atoms with Gasteiger partial charge in [-0.1, -0.05) is 12.1 Å². The summed E-state index contributed by atoms with van der Waals surface area (Å²) < 4.78 is 51.2. The van der Waals surface area contributed by atoms with Crippen LogP contribution in [0.25, 0.3) is 5.65 Å². The number of imidazole rings is 1. The van der Waals surface area contributed by atoms with Gasteiger partial charge in [-0.15, -0.1) is 0 Å². The van der Waals surface area contributed by atoms with Crippen molar-refractivity contribution in [2.75, 3.05) is 20.3 Å². The zero-order chi connectivity index (χ0) is 27.8. The molecule has 11 nitrogen and oxygen atoms in total. The molecule has 0 radical (unpaired) electrons. The summed E-state index contributed by atoms with van der Waals surface area (Å²) in [7, 11) is 1.41. The Kier molecular flexibility index (Phi) is 7.12. The van der Waals surface area contributed by atoms with Gasteiger partial charge in [-0.05, 0) is 32.0 Å². The van der Waals surface area contributed by atoms with E-state index in [0.29, 0.717) is 5.56 Å². The monoisotopic (exact) mass is 535 g/mol. The van der Waals surface area contributed by atoms with Crippen molar-refractivity contribution in [3.8, 4) is 0 Å². The van der Waals surface area contributed by atoms with Crippen LogP contribution in [0.4, 0.5) is 18.0 Å². The smallest absolute Gasteiger partial charge is 0.416 e. The van der Waals surface area contributed by atoms with Crippen LogP contribution in [-0.4, -0.2) is 74.6 Å². The fraction of sp³-hybridized carbons (Fsp3) is 0.375. The lowest BCUT2D eigenvalue weighted by molar-refractivity contribution is -0.265. The molecule has 2 atom stereocenters. The maximum absolute atomic E-state index is 13.2. The van der Waals surface area contributed by atoms with Crippen molar-refractivity contribution in [1.82, 2.24) is 24.8 Å². The number of hydrogen-bond acceptors (Lipinski definition) is 7. The second-order valence-corrected chi connectivity index (χ2v) is 9.08. The lowest BCUT2D eigenvalue weighted by Crippen LogP contribution is -2.44. The van der Waals surface area contributed by atoms with Crippen molar-refractivity contribution in [3.63, 3.8) is 0 Å². The number of benzene rings is 1. The Morgan fingerprint density at radius 3 is 2.32 bits per heavy atom. The normalized spacial score (nSPS) is 15.6. The molecule has 0 fully saturated rings. The van der Waals surface area contributed by atoms with E-state index in [1.807, 2.05) is 0 Å². The molecule has 38 heavy (non-hydrogen) atoms. The van der Waals surface area contributed by atoms with Gasteiger partial charge in [-0.25, -0.2) is 14.3 Å². The first-order chi connectivity index (χ1) is 17.8. The van der Waals surface area contributed by atoms with Crippen LogP contribution in [0.3, 0.4) is 0 Å². The number of amides is 3. The predicted molar refractivity (Wildman–Crippen MR) is 125 cm³/mol. The maximum Gasteiger partial charge on any atom is 0.416 e. The van der Waals surface area contributed by atoms with Crippen molar-refractivity contribution in [1.29, 1.82) is 0 Å². The van der Waals surface area contributed by atoms with Crippen LogP contribution in [0.15, 0.2) is 42.7 Å².